The number of fused-ring (bicyclic) bond motifs is 1. The molecule has 1 aliphatic heterocycles. The van der Waals surface area contributed by atoms with Crippen LogP contribution in [0.3, 0.4) is 0 Å². The van der Waals surface area contributed by atoms with Gasteiger partial charge in [0.2, 0.25) is 5.91 Å². The molecular weight excluding hydrogens is 422 g/mol. The summed E-state index contributed by atoms with van der Waals surface area (Å²) in [7, 11) is 6.11. The molecule has 0 saturated heterocycles. The van der Waals surface area contributed by atoms with Gasteiger partial charge in [-0.3, -0.25) is 4.79 Å². The number of carbonyl (C=O) groups excluding carboxylic acids is 2. The second-order valence-electron chi connectivity index (χ2n) is 7.56. The van der Waals surface area contributed by atoms with E-state index in [0.29, 0.717) is 22.7 Å². The summed E-state index contributed by atoms with van der Waals surface area (Å²) in [6.45, 7) is 0. The average molecular weight is 447 g/mol. The zero-order valence-electron chi connectivity index (χ0n) is 19.0. The van der Waals surface area contributed by atoms with Gasteiger partial charge in [0.15, 0.2) is 11.5 Å². The van der Waals surface area contributed by atoms with Gasteiger partial charge in [0.25, 0.3) is 0 Å². The van der Waals surface area contributed by atoms with Crippen molar-refractivity contribution < 1.29 is 28.5 Å². The first-order chi connectivity index (χ1) is 16.0. The average Bonchev–Trinajstić information content (AvgIpc) is 2.86. The van der Waals surface area contributed by atoms with Crippen LogP contribution in [0, 0.1) is 0 Å². The molecule has 0 aliphatic carbocycles. The third kappa shape index (κ3) is 4.09. The summed E-state index contributed by atoms with van der Waals surface area (Å²) in [5.74, 6) is 1.39. The van der Waals surface area contributed by atoms with Crippen LogP contribution < -0.4 is 19.1 Å². The maximum Gasteiger partial charge on any atom is 0.337 e. The molecule has 1 heterocycles. The standard InChI is InChI=1S/C26H25NO6/c1-30-20-11-7-16(8-12-20)25-21-15-23(32-3)22(31-2)13-18(21)14-24(28)27(25)19-9-5-17(6-10-19)26(29)33-4/h5-13,15,25H,14H2,1-4H3. The maximum absolute atomic E-state index is 13.4. The summed E-state index contributed by atoms with van der Waals surface area (Å²) in [6, 6.07) is 17.8. The van der Waals surface area contributed by atoms with Gasteiger partial charge in [0, 0.05) is 5.69 Å². The van der Waals surface area contributed by atoms with Crippen LogP contribution >= 0.6 is 0 Å². The number of rotatable bonds is 6. The van der Waals surface area contributed by atoms with Gasteiger partial charge in [-0.1, -0.05) is 12.1 Å². The lowest BCUT2D eigenvalue weighted by atomic mass is 9.86. The van der Waals surface area contributed by atoms with E-state index < -0.39 is 12.0 Å². The van der Waals surface area contributed by atoms with E-state index in [1.165, 1.54) is 7.11 Å². The zero-order chi connectivity index (χ0) is 23.5. The van der Waals surface area contributed by atoms with Gasteiger partial charge < -0.3 is 23.8 Å². The predicted octanol–water partition coefficient (Wildman–Crippen LogP) is 4.18. The smallest absolute Gasteiger partial charge is 0.337 e. The fourth-order valence-corrected chi connectivity index (χ4v) is 4.16. The van der Waals surface area contributed by atoms with E-state index in [4.69, 9.17) is 18.9 Å². The van der Waals surface area contributed by atoms with Crippen molar-refractivity contribution in [2.24, 2.45) is 0 Å². The highest BCUT2D eigenvalue weighted by Gasteiger charge is 2.36. The molecule has 0 saturated carbocycles. The van der Waals surface area contributed by atoms with E-state index in [2.05, 4.69) is 0 Å². The molecule has 1 unspecified atom stereocenters. The second-order valence-corrected chi connectivity index (χ2v) is 7.56. The van der Waals surface area contributed by atoms with Crippen molar-refractivity contribution in [3.63, 3.8) is 0 Å². The number of hydrogen-bond donors (Lipinski definition) is 0. The van der Waals surface area contributed by atoms with Crippen LogP contribution in [0.25, 0.3) is 0 Å². The fraction of sp³-hybridized carbons (Fsp3) is 0.231. The van der Waals surface area contributed by atoms with Gasteiger partial charge in [-0.2, -0.15) is 0 Å². The number of hydrogen-bond acceptors (Lipinski definition) is 6. The number of methoxy groups -OCH3 is 4. The number of anilines is 1. The Balaban J connectivity index is 1.87. The lowest BCUT2D eigenvalue weighted by molar-refractivity contribution is -0.118. The number of nitrogens with zero attached hydrogens (tertiary/aromatic N) is 1. The molecule has 1 amide bonds. The fourth-order valence-electron chi connectivity index (χ4n) is 4.16. The molecule has 0 bridgehead atoms. The number of benzene rings is 3. The first-order valence-electron chi connectivity index (χ1n) is 10.4. The molecule has 3 aromatic carbocycles. The molecular formula is C26H25NO6. The van der Waals surface area contributed by atoms with Crippen molar-refractivity contribution in [1.29, 1.82) is 0 Å². The minimum Gasteiger partial charge on any atom is -0.497 e. The zero-order valence-corrected chi connectivity index (χ0v) is 19.0. The minimum atomic E-state index is -0.430. The third-order valence-electron chi connectivity index (χ3n) is 5.81. The van der Waals surface area contributed by atoms with E-state index in [-0.39, 0.29) is 12.3 Å². The monoisotopic (exact) mass is 447 g/mol. The lowest BCUT2D eigenvalue weighted by Crippen LogP contribution is -2.41. The molecule has 0 radical (unpaired) electrons. The molecule has 0 aromatic heterocycles. The molecule has 0 spiro atoms. The normalized spacial score (nSPS) is 15.0. The molecule has 1 atom stereocenters. The van der Waals surface area contributed by atoms with Crippen molar-refractivity contribution in [2.45, 2.75) is 12.5 Å². The summed E-state index contributed by atoms with van der Waals surface area (Å²) >= 11 is 0. The SMILES string of the molecule is COC(=O)c1ccc(N2C(=O)Cc3cc(OC)c(OC)cc3C2c2ccc(OC)cc2)cc1. The Morgan fingerprint density at radius 3 is 2.06 bits per heavy atom. The number of esters is 1. The van der Waals surface area contributed by atoms with Crippen molar-refractivity contribution in [3.05, 3.63) is 82.9 Å². The maximum atomic E-state index is 13.4. The van der Waals surface area contributed by atoms with E-state index in [9.17, 15) is 9.59 Å². The van der Waals surface area contributed by atoms with Gasteiger partial charge in [0.1, 0.15) is 5.75 Å². The summed E-state index contributed by atoms with van der Waals surface area (Å²) in [4.78, 5) is 27.0. The predicted molar refractivity (Wildman–Crippen MR) is 123 cm³/mol. The van der Waals surface area contributed by atoms with Gasteiger partial charge in [0.05, 0.1) is 46.5 Å². The Bertz CT molecular complexity index is 1170. The highest BCUT2D eigenvalue weighted by atomic mass is 16.5. The lowest BCUT2D eigenvalue weighted by Gasteiger charge is -2.38. The summed E-state index contributed by atoms with van der Waals surface area (Å²) < 4.78 is 21.1. The third-order valence-corrected chi connectivity index (χ3v) is 5.81. The van der Waals surface area contributed by atoms with E-state index in [1.807, 2.05) is 36.4 Å². The largest absolute Gasteiger partial charge is 0.497 e. The highest BCUT2D eigenvalue weighted by molar-refractivity contribution is 5.99. The van der Waals surface area contributed by atoms with Crippen LogP contribution in [-0.2, 0) is 16.0 Å². The molecule has 0 fully saturated rings. The van der Waals surface area contributed by atoms with Crippen molar-refractivity contribution >= 4 is 17.6 Å². The first kappa shape index (κ1) is 22.2. The van der Waals surface area contributed by atoms with E-state index in [1.54, 1.807) is 50.5 Å². The number of ether oxygens (including phenoxy) is 4. The molecule has 170 valence electrons. The highest BCUT2D eigenvalue weighted by Crippen LogP contribution is 2.43. The summed E-state index contributed by atoms with van der Waals surface area (Å²) in [5, 5.41) is 0. The van der Waals surface area contributed by atoms with Gasteiger partial charge in [-0.25, -0.2) is 4.79 Å². The van der Waals surface area contributed by atoms with Crippen LogP contribution in [0.1, 0.15) is 33.1 Å². The summed E-state index contributed by atoms with van der Waals surface area (Å²) in [5.41, 5.74) is 3.82. The molecule has 1 aliphatic rings. The van der Waals surface area contributed by atoms with Gasteiger partial charge in [-0.05, 0) is 65.2 Å². The number of carbonyl (C=O) groups is 2. The Hall–Kier alpha value is -4.00. The minimum absolute atomic E-state index is 0.0682. The molecule has 33 heavy (non-hydrogen) atoms. The Morgan fingerprint density at radius 1 is 0.848 bits per heavy atom. The Morgan fingerprint density at radius 2 is 1.48 bits per heavy atom. The van der Waals surface area contributed by atoms with Crippen molar-refractivity contribution in [2.75, 3.05) is 33.3 Å². The van der Waals surface area contributed by atoms with Gasteiger partial charge >= 0.3 is 5.97 Å². The van der Waals surface area contributed by atoms with Crippen molar-refractivity contribution in [3.8, 4) is 17.2 Å². The number of amides is 1. The van der Waals surface area contributed by atoms with Crippen LogP contribution in [0.15, 0.2) is 60.7 Å². The molecule has 3 aromatic rings. The molecule has 7 heteroatoms. The van der Waals surface area contributed by atoms with Crippen LogP contribution in [0.5, 0.6) is 17.2 Å². The van der Waals surface area contributed by atoms with E-state index >= 15 is 0 Å². The van der Waals surface area contributed by atoms with Crippen LogP contribution in [0.2, 0.25) is 0 Å². The summed E-state index contributed by atoms with van der Waals surface area (Å²) in [6.07, 6.45) is 0.209. The molecule has 0 N–H and O–H groups in total. The first-order valence-corrected chi connectivity index (χ1v) is 10.4. The Labute approximate surface area is 192 Å². The van der Waals surface area contributed by atoms with Crippen molar-refractivity contribution in [1.82, 2.24) is 0 Å². The van der Waals surface area contributed by atoms with Gasteiger partial charge in [-0.15, -0.1) is 0 Å². The second kappa shape index (κ2) is 9.24. The molecule has 7 nitrogen and oxygen atoms in total. The van der Waals surface area contributed by atoms with Crippen LogP contribution in [0.4, 0.5) is 5.69 Å². The van der Waals surface area contributed by atoms with E-state index in [0.717, 1.165) is 22.4 Å². The molecule has 4 rings (SSSR count). The van der Waals surface area contributed by atoms with Crippen LogP contribution in [-0.4, -0.2) is 40.3 Å². The Kier molecular flexibility index (Phi) is 6.22. The quantitative estimate of drug-likeness (QED) is 0.528. The topological polar surface area (TPSA) is 74.3 Å².